The Balaban J connectivity index is 1.92. The third-order valence-corrected chi connectivity index (χ3v) is 2.81. The van der Waals surface area contributed by atoms with Gasteiger partial charge in [-0.05, 0) is 12.1 Å². The van der Waals surface area contributed by atoms with E-state index in [1.54, 1.807) is 18.2 Å². The Morgan fingerprint density at radius 3 is 2.56 bits per heavy atom. The molecule has 0 spiro atoms. The summed E-state index contributed by atoms with van der Waals surface area (Å²) in [5.74, 6) is -0.239. The molecule has 0 bridgehead atoms. The summed E-state index contributed by atoms with van der Waals surface area (Å²) in [6.45, 7) is 1.55. The fourth-order valence-corrected chi connectivity index (χ4v) is 1.95. The third kappa shape index (κ3) is 1.75. The molecule has 1 aromatic carbocycles. The molecule has 6 nitrogen and oxygen atoms in total. The highest BCUT2D eigenvalue weighted by molar-refractivity contribution is 6.38. The number of rotatable bonds is 1. The van der Waals surface area contributed by atoms with Gasteiger partial charge < -0.3 is 14.2 Å². The summed E-state index contributed by atoms with van der Waals surface area (Å²) in [7, 11) is 0. The van der Waals surface area contributed by atoms with Gasteiger partial charge in [-0.3, -0.25) is 9.69 Å². The van der Waals surface area contributed by atoms with Crippen LogP contribution in [0.4, 0.5) is 5.69 Å². The zero-order valence-corrected chi connectivity index (χ0v) is 9.55. The van der Waals surface area contributed by atoms with Crippen molar-refractivity contribution in [2.24, 2.45) is 0 Å². The van der Waals surface area contributed by atoms with Gasteiger partial charge in [-0.15, -0.1) is 0 Å². The first-order chi connectivity index (χ1) is 8.75. The number of cyclic esters (lactones) is 1. The van der Waals surface area contributed by atoms with E-state index in [1.807, 2.05) is 0 Å². The van der Waals surface area contributed by atoms with Crippen molar-refractivity contribution in [2.45, 2.75) is 0 Å². The fourth-order valence-electron chi connectivity index (χ4n) is 1.95. The molecule has 1 fully saturated rings. The number of amides is 1. The van der Waals surface area contributed by atoms with Gasteiger partial charge in [0.2, 0.25) is 0 Å². The SMILES string of the molecule is O=C1OCCN(c2ccc3c(c2)OCCO3)C1=O. The minimum absolute atomic E-state index is 0.207. The Kier molecular flexibility index (Phi) is 2.55. The van der Waals surface area contributed by atoms with Crippen LogP contribution >= 0.6 is 0 Å². The predicted molar refractivity (Wildman–Crippen MR) is 60.7 cm³/mol. The molecule has 0 unspecified atom stereocenters. The summed E-state index contributed by atoms with van der Waals surface area (Å²) in [6.07, 6.45) is 0. The molecule has 0 aliphatic carbocycles. The Hall–Kier alpha value is -2.24. The smallest absolute Gasteiger partial charge is 0.397 e. The zero-order chi connectivity index (χ0) is 12.5. The van der Waals surface area contributed by atoms with Gasteiger partial charge in [-0.1, -0.05) is 0 Å². The molecular formula is C12H11NO5. The average Bonchev–Trinajstić information content (AvgIpc) is 2.41. The monoisotopic (exact) mass is 249 g/mol. The highest BCUT2D eigenvalue weighted by Gasteiger charge is 2.30. The number of ether oxygens (including phenoxy) is 3. The van der Waals surface area contributed by atoms with Crippen molar-refractivity contribution in [3.63, 3.8) is 0 Å². The average molecular weight is 249 g/mol. The lowest BCUT2D eigenvalue weighted by Gasteiger charge is -2.27. The molecule has 18 heavy (non-hydrogen) atoms. The van der Waals surface area contributed by atoms with Crippen LogP contribution in [0.3, 0.4) is 0 Å². The largest absolute Gasteiger partial charge is 0.486 e. The van der Waals surface area contributed by atoms with Gasteiger partial charge in [-0.2, -0.15) is 0 Å². The second-order valence-electron chi connectivity index (χ2n) is 3.92. The molecule has 94 valence electrons. The van der Waals surface area contributed by atoms with Crippen molar-refractivity contribution in [3.8, 4) is 11.5 Å². The maximum atomic E-state index is 11.7. The molecule has 1 aromatic rings. The van der Waals surface area contributed by atoms with Crippen LogP contribution in [0.2, 0.25) is 0 Å². The van der Waals surface area contributed by atoms with Crippen LogP contribution < -0.4 is 14.4 Å². The molecule has 0 aromatic heterocycles. The summed E-state index contributed by atoms with van der Waals surface area (Å²) in [5.41, 5.74) is 0.612. The minimum atomic E-state index is -0.823. The summed E-state index contributed by atoms with van der Waals surface area (Å²) < 4.78 is 15.5. The van der Waals surface area contributed by atoms with Gasteiger partial charge in [0, 0.05) is 11.8 Å². The molecule has 2 aliphatic rings. The van der Waals surface area contributed by atoms with E-state index in [0.717, 1.165) is 0 Å². The van der Waals surface area contributed by atoms with Crippen molar-refractivity contribution in [1.29, 1.82) is 0 Å². The number of hydrogen-bond donors (Lipinski definition) is 0. The molecule has 0 atom stereocenters. The molecule has 1 saturated heterocycles. The number of anilines is 1. The molecular weight excluding hydrogens is 238 g/mol. The summed E-state index contributed by atoms with van der Waals surface area (Å²) in [4.78, 5) is 24.2. The minimum Gasteiger partial charge on any atom is -0.486 e. The van der Waals surface area contributed by atoms with Crippen molar-refractivity contribution in [3.05, 3.63) is 18.2 Å². The van der Waals surface area contributed by atoms with Crippen molar-refractivity contribution < 1.29 is 23.8 Å². The first kappa shape index (κ1) is 10.9. The number of fused-ring (bicyclic) bond motifs is 1. The van der Waals surface area contributed by atoms with E-state index >= 15 is 0 Å². The van der Waals surface area contributed by atoms with Gasteiger partial charge in [0.1, 0.15) is 19.8 Å². The summed E-state index contributed by atoms with van der Waals surface area (Å²) >= 11 is 0. The van der Waals surface area contributed by atoms with E-state index in [1.165, 1.54) is 4.90 Å². The maximum absolute atomic E-state index is 11.7. The van der Waals surface area contributed by atoms with Crippen LogP contribution in [0.25, 0.3) is 0 Å². The van der Waals surface area contributed by atoms with Crippen LogP contribution in [-0.4, -0.2) is 38.2 Å². The first-order valence-electron chi connectivity index (χ1n) is 5.64. The number of carbonyl (C=O) groups is 2. The van der Waals surface area contributed by atoms with Crippen LogP contribution in [-0.2, 0) is 14.3 Å². The highest BCUT2D eigenvalue weighted by atomic mass is 16.6. The lowest BCUT2D eigenvalue weighted by atomic mass is 10.2. The molecule has 1 amide bonds. The second kappa shape index (κ2) is 4.21. The first-order valence-corrected chi connectivity index (χ1v) is 5.64. The molecule has 0 N–H and O–H groups in total. The fraction of sp³-hybridized carbons (Fsp3) is 0.333. The van der Waals surface area contributed by atoms with Crippen molar-refractivity contribution in [2.75, 3.05) is 31.3 Å². The standard InChI is InChI=1S/C12H11NO5/c14-11-12(15)18-4-3-13(11)8-1-2-9-10(7-8)17-6-5-16-9/h1-2,7H,3-6H2. The normalized spacial score (nSPS) is 18.6. The van der Waals surface area contributed by atoms with Crippen LogP contribution in [0.1, 0.15) is 0 Å². The predicted octanol–water partition coefficient (Wildman–Crippen LogP) is 0.348. The Bertz CT molecular complexity index is 513. The quantitative estimate of drug-likeness (QED) is 0.530. The van der Waals surface area contributed by atoms with Gasteiger partial charge in [0.05, 0.1) is 6.54 Å². The number of esters is 1. The molecule has 2 aliphatic heterocycles. The van der Waals surface area contributed by atoms with Gasteiger partial charge >= 0.3 is 11.9 Å². The number of benzene rings is 1. The molecule has 0 saturated carbocycles. The number of morpholine rings is 1. The van der Waals surface area contributed by atoms with E-state index in [2.05, 4.69) is 4.74 Å². The van der Waals surface area contributed by atoms with Gasteiger partial charge in [0.15, 0.2) is 11.5 Å². The van der Waals surface area contributed by atoms with Crippen LogP contribution in [0.15, 0.2) is 18.2 Å². The second-order valence-corrected chi connectivity index (χ2v) is 3.92. The Labute approximate surface area is 103 Å². The van der Waals surface area contributed by atoms with Crippen molar-refractivity contribution in [1.82, 2.24) is 0 Å². The summed E-state index contributed by atoms with van der Waals surface area (Å²) in [5, 5.41) is 0. The van der Waals surface area contributed by atoms with E-state index in [0.29, 0.717) is 36.9 Å². The van der Waals surface area contributed by atoms with E-state index in [9.17, 15) is 9.59 Å². The number of carbonyl (C=O) groups excluding carboxylic acids is 2. The van der Waals surface area contributed by atoms with Crippen LogP contribution in [0.5, 0.6) is 11.5 Å². The lowest BCUT2D eigenvalue weighted by Crippen LogP contribution is -2.45. The van der Waals surface area contributed by atoms with E-state index < -0.39 is 11.9 Å². The molecule has 2 heterocycles. The van der Waals surface area contributed by atoms with Gasteiger partial charge in [0.25, 0.3) is 0 Å². The number of hydrogen-bond acceptors (Lipinski definition) is 5. The van der Waals surface area contributed by atoms with Crippen LogP contribution in [0, 0.1) is 0 Å². The Morgan fingerprint density at radius 1 is 0.944 bits per heavy atom. The van der Waals surface area contributed by atoms with E-state index in [4.69, 9.17) is 9.47 Å². The Morgan fingerprint density at radius 2 is 1.72 bits per heavy atom. The van der Waals surface area contributed by atoms with Gasteiger partial charge in [-0.25, -0.2) is 4.79 Å². The molecule has 3 rings (SSSR count). The van der Waals surface area contributed by atoms with Crippen molar-refractivity contribution >= 4 is 17.6 Å². The zero-order valence-electron chi connectivity index (χ0n) is 9.55. The third-order valence-electron chi connectivity index (χ3n) is 2.81. The molecule has 6 heteroatoms. The number of nitrogens with zero attached hydrogens (tertiary/aromatic N) is 1. The lowest BCUT2D eigenvalue weighted by molar-refractivity contribution is -0.156. The summed E-state index contributed by atoms with van der Waals surface area (Å²) in [6, 6.07) is 5.16. The molecule has 0 radical (unpaired) electrons. The topological polar surface area (TPSA) is 65.1 Å². The maximum Gasteiger partial charge on any atom is 0.397 e. The highest BCUT2D eigenvalue weighted by Crippen LogP contribution is 2.34. The van der Waals surface area contributed by atoms with E-state index in [-0.39, 0.29) is 6.61 Å².